The van der Waals surface area contributed by atoms with Gasteiger partial charge in [-0.1, -0.05) is 6.92 Å². The van der Waals surface area contributed by atoms with E-state index in [-0.39, 0.29) is 23.2 Å². The lowest BCUT2D eigenvalue weighted by Crippen LogP contribution is -2.20. The van der Waals surface area contributed by atoms with Crippen molar-refractivity contribution in [3.05, 3.63) is 35.2 Å². The molecule has 142 valence electrons. The highest BCUT2D eigenvalue weighted by Gasteiger charge is 2.20. The molecule has 0 saturated carbocycles. The lowest BCUT2D eigenvalue weighted by Gasteiger charge is -2.10. The Balaban J connectivity index is 2.07. The highest BCUT2D eigenvalue weighted by molar-refractivity contribution is 6.04. The van der Waals surface area contributed by atoms with Gasteiger partial charge in [0.2, 0.25) is 11.9 Å². The number of nitrogens with one attached hydrogen (secondary N) is 1. The predicted molar refractivity (Wildman–Crippen MR) is 101 cm³/mol. The number of phenols is 1. The van der Waals surface area contributed by atoms with Crippen LogP contribution in [0.25, 0.3) is 11.0 Å². The zero-order valence-corrected chi connectivity index (χ0v) is 15.5. The van der Waals surface area contributed by atoms with Gasteiger partial charge in [-0.2, -0.15) is 5.10 Å². The molecule has 0 aliphatic heterocycles. The Morgan fingerprint density at radius 3 is 2.63 bits per heavy atom. The molecule has 0 fully saturated rings. The van der Waals surface area contributed by atoms with Crippen molar-refractivity contribution in [1.29, 1.82) is 0 Å². The SMILES string of the molecule is CCCn1c(NC(=O)c2cc(C)nn2CC)nc2cc(C(N)=O)cc(O)c21. The number of amides is 2. The smallest absolute Gasteiger partial charge is 0.276 e. The number of aromatic hydroxyl groups is 1. The van der Waals surface area contributed by atoms with Crippen LogP contribution < -0.4 is 11.1 Å². The molecule has 3 aromatic rings. The maximum atomic E-state index is 12.7. The zero-order valence-electron chi connectivity index (χ0n) is 15.5. The monoisotopic (exact) mass is 370 g/mol. The Morgan fingerprint density at radius 2 is 2.00 bits per heavy atom. The fourth-order valence-electron chi connectivity index (χ4n) is 3.06. The number of benzene rings is 1. The first-order valence-electron chi connectivity index (χ1n) is 8.74. The van der Waals surface area contributed by atoms with Gasteiger partial charge in [0.1, 0.15) is 17.0 Å². The standard InChI is InChI=1S/C18H22N6O3/c1-4-6-23-15-12(8-11(16(19)26)9-14(15)25)20-18(23)21-17(27)13-7-10(3)22-24(13)5-2/h7-9,25H,4-6H2,1-3H3,(H2,19,26)(H,20,21,27). The van der Waals surface area contributed by atoms with E-state index in [0.29, 0.717) is 29.8 Å². The minimum atomic E-state index is -0.662. The number of anilines is 1. The molecule has 2 heterocycles. The number of hydrogen-bond acceptors (Lipinski definition) is 5. The van der Waals surface area contributed by atoms with E-state index in [2.05, 4.69) is 15.4 Å². The van der Waals surface area contributed by atoms with Crippen LogP contribution in [-0.2, 0) is 13.1 Å². The van der Waals surface area contributed by atoms with E-state index < -0.39 is 5.91 Å². The van der Waals surface area contributed by atoms with Gasteiger partial charge < -0.3 is 15.4 Å². The fourth-order valence-corrected chi connectivity index (χ4v) is 3.06. The van der Waals surface area contributed by atoms with Crippen molar-refractivity contribution in [2.75, 3.05) is 5.32 Å². The van der Waals surface area contributed by atoms with Crippen molar-refractivity contribution in [3.63, 3.8) is 0 Å². The zero-order chi connectivity index (χ0) is 19.7. The molecule has 0 saturated heterocycles. The van der Waals surface area contributed by atoms with E-state index in [1.54, 1.807) is 15.3 Å². The largest absolute Gasteiger partial charge is 0.506 e. The van der Waals surface area contributed by atoms with Crippen molar-refractivity contribution in [2.45, 2.75) is 40.3 Å². The van der Waals surface area contributed by atoms with E-state index in [0.717, 1.165) is 12.1 Å². The predicted octanol–water partition coefficient (Wildman–Crippen LogP) is 2.03. The Labute approximate surface area is 155 Å². The van der Waals surface area contributed by atoms with E-state index in [4.69, 9.17) is 5.73 Å². The minimum Gasteiger partial charge on any atom is -0.506 e. The Morgan fingerprint density at radius 1 is 1.26 bits per heavy atom. The van der Waals surface area contributed by atoms with Gasteiger partial charge in [-0.25, -0.2) is 4.98 Å². The number of aryl methyl sites for hydroxylation is 3. The summed E-state index contributed by atoms with van der Waals surface area (Å²) in [6.07, 6.45) is 0.761. The maximum Gasteiger partial charge on any atom is 0.276 e. The quantitative estimate of drug-likeness (QED) is 0.611. The Bertz CT molecular complexity index is 1030. The minimum absolute atomic E-state index is 0.114. The van der Waals surface area contributed by atoms with Crippen LogP contribution in [0.1, 0.15) is 46.8 Å². The second-order valence-corrected chi connectivity index (χ2v) is 6.26. The van der Waals surface area contributed by atoms with Crippen LogP contribution >= 0.6 is 0 Å². The van der Waals surface area contributed by atoms with Crippen LogP contribution in [0.4, 0.5) is 5.95 Å². The van der Waals surface area contributed by atoms with Crippen molar-refractivity contribution in [1.82, 2.24) is 19.3 Å². The van der Waals surface area contributed by atoms with Gasteiger partial charge >= 0.3 is 0 Å². The van der Waals surface area contributed by atoms with Crippen molar-refractivity contribution >= 4 is 28.8 Å². The summed E-state index contributed by atoms with van der Waals surface area (Å²) in [6.45, 7) is 6.78. The molecule has 4 N–H and O–H groups in total. The summed E-state index contributed by atoms with van der Waals surface area (Å²) in [4.78, 5) is 28.6. The molecule has 3 rings (SSSR count). The molecule has 27 heavy (non-hydrogen) atoms. The number of aromatic nitrogens is 4. The van der Waals surface area contributed by atoms with Crippen LogP contribution in [0.15, 0.2) is 18.2 Å². The van der Waals surface area contributed by atoms with Gasteiger partial charge in [-0.05, 0) is 38.5 Å². The van der Waals surface area contributed by atoms with Gasteiger partial charge in [0.25, 0.3) is 5.91 Å². The molecule has 9 heteroatoms. The molecule has 0 bridgehead atoms. The fraction of sp³-hybridized carbons (Fsp3) is 0.333. The molecule has 0 spiro atoms. The normalized spacial score (nSPS) is 11.1. The van der Waals surface area contributed by atoms with Crippen molar-refractivity contribution < 1.29 is 14.7 Å². The third-order valence-electron chi connectivity index (χ3n) is 4.21. The number of fused-ring (bicyclic) bond motifs is 1. The topological polar surface area (TPSA) is 128 Å². The maximum absolute atomic E-state index is 12.7. The van der Waals surface area contributed by atoms with E-state index >= 15 is 0 Å². The number of rotatable bonds is 6. The summed E-state index contributed by atoms with van der Waals surface area (Å²) in [5, 5.41) is 17.4. The second kappa shape index (κ2) is 7.10. The van der Waals surface area contributed by atoms with Crippen LogP contribution in [0.3, 0.4) is 0 Å². The van der Waals surface area contributed by atoms with Crippen molar-refractivity contribution in [2.24, 2.45) is 5.73 Å². The lowest BCUT2D eigenvalue weighted by atomic mass is 10.1. The number of primary amides is 1. The summed E-state index contributed by atoms with van der Waals surface area (Å²) < 4.78 is 3.33. The van der Waals surface area contributed by atoms with Crippen LogP contribution in [0.2, 0.25) is 0 Å². The highest BCUT2D eigenvalue weighted by Crippen LogP contribution is 2.30. The van der Waals surface area contributed by atoms with Crippen LogP contribution in [-0.4, -0.2) is 36.3 Å². The lowest BCUT2D eigenvalue weighted by molar-refractivity contribution is 0.0995. The number of nitrogens with zero attached hydrogens (tertiary/aromatic N) is 4. The average Bonchev–Trinajstić information content (AvgIpc) is 3.16. The Kier molecular flexibility index (Phi) is 4.85. The Hall–Kier alpha value is -3.36. The molecule has 0 atom stereocenters. The second-order valence-electron chi connectivity index (χ2n) is 6.26. The molecule has 2 amide bonds. The van der Waals surface area contributed by atoms with E-state index in [1.807, 2.05) is 20.8 Å². The van der Waals surface area contributed by atoms with Gasteiger partial charge in [0, 0.05) is 18.7 Å². The third-order valence-corrected chi connectivity index (χ3v) is 4.21. The van der Waals surface area contributed by atoms with Gasteiger partial charge in [-0.15, -0.1) is 0 Å². The molecule has 2 aromatic heterocycles. The molecule has 0 radical (unpaired) electrons. The van der Waals surface area contributed by atoms with Crippen LogP contribution in [0, 0.1) is 6.92 Å². The molecule has 1 aromatic carbocycles. The molecular formula is C18H22N6O3. The first kappa shape index (κ1) is 18.4. The highest BCUT2D eigenvalue weighted by atomic mass is 16.3. The summed E-state index contributed by atoms with van der Waals surface area (Å²) >= 11 is 0. The van der Waals surface area contributed by atoms with Gasteiger partial charge in [0.15, 0.2) is 0 Å². The summed E-state index contributed by atoms with van der Waals surface area (Å²) in [6, 6.07) is 4.51. The van der Waals surface area contributed by atoms with Gasteiger partial charge in [-0.3, -0.25) is 19.6 Å². The average molecular weight is 370 g/mol. The molecule has 9 nitrogen and oxygen atoms in total. The number of carbonyl (C=O) groups is 2. The third kappa shape index (κ3) is 3.35. The number of carbonyl (C=O) groups excluding carboxylic acids is 2. The molecular weight excluding hydrogens is 348 g/mol. The number of imidazole rings is 1. The van der Waals surface area contributed by atoms with E-state index in [9.17, 15) is 14.7 Å². The van der Waals surface area contributed by atoms with Crippen molar-refractivity contribution in [3.8, 4) is 5.75 Å². The summed E-state index contributed by atoms with van der Waals surface area (Å²) in [5.74, 6) is -0.836. The summed E-state index contributed by atoms with van der Waals surface area (Å²) in [5.41, 5.74) is 7.45. The first-order valence-corrected chi connectivity index (χ1v) is 8.74. The molecule has 0 aliphatic carbocycles. The number of phenolic OH excluding ortho intramolecular Hbond substituents is 1. The molecule has 0 unspecified atom stereocenters. The molecule has 0 aliphatic rings. The first-order chi connectivity index (χ1) is 12.8. The number of hydrogen-bond donors (Lipinski definition) is 3. The van der Waals surface area contributed by atoms with Gasteiger partial charge in [0.05, 0.1) is 11.2 Å². The number of nitrogens with two attached hydrogens (primary N) is 1. The van der Waals surface area contributed by atoms with E-state index in [1.165, 1.54) is 12.1 Å². The van der Waals surface area contributed by atoms with Crippen LogP contribution in [0.5, 0.6) is 5.75 Å². The summed E-state index contributed by atoms with van der Waals surface area (Å²) in [7, 11) is 0.